The maximum Gasteiger partial charge on any atom is 0.146 e. The van der Waals surface area contributed by atoms with Gasteiger partial charge in [-0.25, -0.2) is 15.8 Å². The Hall–Kier alpha value is -0.810. The Morgan fingerprint density at radius 2 is 2.00 bits per heavy atom. The fourth-order valence-corrected chi connectivity index (χ4v) is 1.74. The van der Waals surface area contributed by atoms with Gasteiger partial charge in [-0.1, -0.05) is 13.8 Å². The number of hydrogen-bond acceptors (Lipinski definition) is 5. The SMILES string of the molecule is Cc1nc(CSC(C)C)nc(NN)c1C. The van der Waals surface area contributed by atoms with Crippen LogP contribution in [-0.4, -0.2) is 15.2 Å². The molecule has 5 heteroatoms. The number of aromatic nitrogens is 2. The van der Waals surface area contributed by atoms with E-state index in [4.69, 9.17) is 5.84 Å². The van der Waals surface area contributed by atoms with E-state index in [2.05, 4.69) is 29.2 Å². The van der Waals surface area contributed by atoms with Gasteiger partial charge < -0.3 is 5.43 Å². The number of nitrogens with two attached hydrogens (primary N) is 1. The number of nitrogens with zero attached hydrogens (tertiary/aromatic N) is 2. The molecule has 0 spiro atoms. The van der Waals surface area contributed by atoms with Crippen LogP contribution in [0.1, 0.15) is 30.9 Å². The van der Waals surface area contributed by atoms with E-state index in [1.807, 2.05) is 25.6 Å². The fourth-order valence-electron chi connectivity index (χ4n) is 1.13. The van der Waals surface area contributed by atoms with Gasteiger partial charge in [-0.2, -0.15) is 11.8 Å². The van der Waals surface area contributed by atoms with Gasteiger partial charge >= 0.3 is 0 Å². The van der Waals surface area contributed by atoms with Crippen molar-refractivity contribution in [2.45, 2.75) is 38.7 Å². The van der Waals surface area contributed by atoms with Gasteiger partial charge in [-0.3, -0.25) is 0 Å². The number of anilines is 1. The highest BCUT2D eigenvalue weighted by atomic mass is 32.2. The van der Waals surface area contributed by atoms with Crippen LogP contribution >= 0.6 is 11.8 Å². The van der Waals surface area contributed by atoms with E-state index in [9.17, 15) is 0 Å². The molecule has 0 aliphatic rings. The molecule has 1 aromatic rings. The summed E-state index contributed by atoms with van der Waals surface area (Å²) in [6.45, 7) is 8.26. The molecule has 0 saturated carbocycles. The molecule has 3 N–H and O–H groups in total. The highest BCUT2D eigenvalue weighted by Crippen LogP contribution is 2.18. The van der Waals surface area contributed by atoms with Crippen molar-refractivity contribution in [2.75, 3.05) is 5.43 Å². The van der Waals surface area contributed by atoms with Gasteiger partial charge in [-0.05, 0) is 19.1 Å². The van der Waals surface area contributed by atoms with E-state index in [1.54, 1.807) is 0 Å². The molecule has 0 aliphatic carbocycles. The molecule has 4 nitrogen and oxygen atoms in total. The quantitative estimate of drug-likeness (QED) is 0.607. The summed E-state index contributed by atoms with van der Waals surface area (Å²) in [5, 5.41) is 0.587. The Balaban J connectivity index is 2.86. The summed E-state index contributed by atoms with van der Waals surface area (Å²) in [4.78, 5) is 8.78. The molecule has 0 amide bonds. The molecule has 0 aliphatic heterocycles. The van der Waals surface area contributed by atoms with Crippen LogP contribution in [0.5, 0.6) is 0 Å². The first-order valence-corrected chi connectivity index (χ1v) is 6.01. The first-order chi connectivity index (χ1) is 7.04. The van der Waals surface area contributed by atoms with Crippen molar-refractivity contribution >= 4 is 17.6 Å². The summed E-state index contributed by atoms with van der Waals surface area (Å²) in [6, 6.07) is 0. The van der Waals surface area contributed by atoms with Crippen molar-refractivity contribution in [3.63, 3.8) is 0 Å². The predicted molar refractivity (Wildman–Crippen MR) is 65.7 cm³/mol. The molecule has 0 bridgehead atoms. The smallest absolute Gasteiger partial charge is 0.146 e. The molecule has 0 unspecified atom stereocenters. The van der Waals surface area contributed by atoms with Gasteiger partial charge in [0.15, 0.2) is 0 Å². The standard InChI is InChI=1S/C10H18N4S/c1-6(2)15-5-9-12-8(4)7(3)10(13-9)14-11/h6H,5,11H2,1-4H3,(H,12,13,14). The summed E-state index contributed by atoms with van der Waals surface area (Å²) in [6.07, 6.45) is 0. The third-order valence-electron chi connectivity index (χ3n) is 2.12. The van der Waals surface area contributed by atoms with Crippen LogP contribution in [0.4, 0.5) is 5.82 Å². The van der Waals surface area contributed by atoms with Gasteiger partial charge in [-0.15, -0.1) is 0 Å². The fraction of sp³-hybridized carbons (Fsp3) is 0.600. The first-order valence-electron chi connectivity index (χ1n) is 4.97. The van der Waals surface area contributed by atoms with Crippen molar-refractivity contribution in [1.82, 2.24) is 9.97 Å². The zero-order chi connectivity index (χ0) is 11.4. The maximum absolute atomic E-state index is 5.40. The summed E-state index contributed by atoms with van der Waals surface area (Å²) in [5.74, 6) is 7.79. The van der Waals surface area contributed by atoms with Crippen LogP contribution in [0, 0.1) is 13.8 Å². The lowest BCUT2D eigenvalue weighted by atomic mass is 10.2. The van der Waals surface area contributed by atoms with Gasteiger partial charge in [0.25, 0.3) is 0 Å². The Morgan fingerprint density at radius 1 is 1.33 bits per heavy atom. The summed E-state index contributed by atoms with van der Waals surface area (Å²) < 4.78 is 0. The van der Waals surface area contributed by atoms with Crippen LogP contribution in [0.25, 0.3) is 0 Å². The average molecular weight is 226 g/mol. The van der Waals surface area contributed by atoms with Crippen molar-refractivity contribution < 1.29 is 0 Å². The summed E-state index contributed by atoms with van der Waals surface area (Å²) in [5.41, 5.74) is 4.60. The van der Waals surface area contributed by atoms with Crippen molar-refractivity contribution in [3.8, 4) is 0 Å². The van der Waals surface area contributed by atoms with E-state index < -0.39 is 0 Å². The topological polar surface area (TPSA) is 63.8 Å². The minimum Gasteiger partial charge on any atom is -0.308 e. The molecule has 0 aromatic carbocycles. The van der Waals surface area contributed by atoms with Gasteiger partial charge in [0.2, 0.25) is 0 Å². The lowest BCUT2D eigenvalue weighted by Crippen LogP contribution is -2.13. The lowest BCUT2D eigenvalue weighted by Gasteiger charge is -2.10. The summed E-state index contributed by atoms with van der Waals surface area (Å²) >= 11 is 1.82. The highest BCUT2D eigenvalue weighted by Gasteiger charge is 2.07. The van der Waals surface area contributed by atoms with Crippen molar-refractivity contribution in [3.05, 3.63) is 17.1 Å². The van der Waals surface area contributed by atoms with Gasteiger partial charge in [0, 0.05) is 11.3 Å². The number of thioether (sulfide) groups is 1. The highest BCUT2D eigenvalue weighted by molar-refractivity contribution is 7.99. The predicted octanol–water partition coefficient (Wildman–Crippen LogP) is 2.02. The number of aryl methyl sites for hydroxylation is 1. The van der Waals surface area contributed by atoms with Gasteiger partial charge in [0.05, 0.1) is 5.75 Å². The van der Waals surface area contributed by atoms with E-state index >= 15 is 0 Å². The molecule has 84 valence electrons. The number of rotatable bonds is 4. The van der Waals surface area contributed by atoms with E-state index in [-0.39, 0.29) is 0 Å². The minimum atomic E-state index is 0.587. The molecule has 15 heavy (non-hydrogen) atoms. The second-order valence-corrected chi connectivity index (χ2v) is 5.27. The zero-order valence-corrected chi connectivity index (χ0v) is 10.5. The third kappa shape index (κ3) is 3.35. The van der Waals surface area contributed by atoms with E-state index in [0.717, 1.165) is 28.7 Å². The number of nitrogen functional groups attached to an aromatic ring is 1. The Morgan fingerprint density at radius 3 is 2.53 bits per heavy atom. The summed E-state index contributed by atoms with van der Waals surface area (Å²) in [7, 11) is 0. The maximum atomic E-state index is 5.40. The second-order valence-electron chi connectivity index (χ2n) is 3.70. The Bertz CT molecular complexity index is 338. The van der Waals surface area contributed by atoms with Gasteiger partial charge in [0.1, 0.15) is 11.6 Å². The molecule has 1 rings (SSSR count). The number of hydrogen-bond donors (Lipinski definition) is 2. The van der Waals surface area contributed by atoms with Crippen molar-refractivity contribution in [2.24, 2.45) is 5.84 Å². The number of hydrazine groups is 1. The monoisotopic (exact) mass is 226 g/mol. The first kappa shape index (κ1) is 12.3. The van der Waals surface area contributed by atoms with Crippen LogP contribution in [0.2, 0.25) is 0 Å². The third-order valence-corrected chi connectivity index (χ3v) is 3.21. The second kappa shape index (κ2) is 5.32. The van der Waals surface area contributed by atoms with E-state index in [0.29, 0.717) is 5.25 Å². The molecule has 1 aromatic heterocycles. The molecular weight excluding hydrogens is 208 g/mol. The molecule has 0 radical (unpaired) electrons. The van der Waals surface area contributed by atoms with Crippen molar-refractivity contribution in [1.29, 1.82) is 0 Å². The molecule has 0 fully saturated rings. The molecule has 0 saturated heterocycles. The number of nitrogens with one attached hydrogen (secondary N) is 1. The Kier molecular flexibility index (Phi) is 4.35. The largest absolute Gasteiger partial charge is 0.308 e. The normalized spacial score (nSPS) is 10.8. The zero-order valence-electron chi connectivity index (χ0n) is 9.66. The van der Waals surface area contributed by atoms with Crippen LogP contribution in [0.3, 0.4) is 0 Å². The minimum absolute atomic E-state index is 0.587. The average Bonchev–Trinajstić information content (AvgIpc) is 2.19. The Labute approximate surface area is 95.0 Å². The van der Waals surface area contributed by atoms with Crippen LogP contribution in [0.15, 0.2) is 0 Å². The lowest BCUT2D eigenvalue weighted by molar-refractivity contribution is 0.964. The molecule has 0 atom stereocenters. The molecular formula is C10H18N4S. The molecule has 1 heterocycles. The van der Waals surface area contributed by atoms with Crippen LogP contribution < -0.4 is 11.3 Å². The van der Waals surface area contributed by atoms with E-state index in [1.165, 1.54) is 0 Å². The van der Waals surface area contributed by atoms with Crippen LogP contribution in [-0.2, 0) is 5.75 Å².